The van der Waals surface area contributed by atoms with Crippen molar-refractivity contribution >= 4 is 17.6 Å². The van der Waals surface area contributed by atoms with Gasteiger partial charge in [0.1, 0.15) is 11.9 Å². The molecule has 0 saturated heterocycles. The van der Waals surface area contributed by atoms with Crippen molar-refractivity contribution in [3.8, 4) is 0 Å². The van der Waals surface area contributed by atoms with E-state index in [9.17, 15) is 9.18 Å². The van der Waals surface area contributed by atoms with E-state index < -0.39 is 17.8 Å². The minimum atomic E-state index is -1.07. The number of nitrogens with one attached hydrogen (secondary N) is 1. The topological polar surface area (TPSA) is 75.3 Å². The largest absolute Gasteiger partial charge is 0.480 e. The second kappa shape index (κ2) is 5.95. The molecule has 0 heterocycles. The Kier molecular flexibility index (Phi) is 4.86. The van der Waals surface area contributed by atoms with Gasteiger partial charge in [0.15, 0.2) is 0 Å². The summed E-state index contributed by atoms with van der Waals surface area (Å²) in [4.78, 5) is 10.7. The average Bonchev–Trinajstić information content (AvgIpc) is 2.29. The van der Waals surface area contributed by atoms with Crippen molar-refractivity contribution in [3.63, 3.8) is 0 Å². The predicted molar refractivity (Wildman–Crippen MR) is 63.4 cm³/mol. The van der Waals surface area contributed by atoms with Crippen LogP contribution in [0, 0.1) is 5.82 Å². The molecule has 2 unspecified atom stereocenters. The van der Waals surface area contributed by atoms with Gasteiger partial charge >= 0.3 is 5.97 Å². The molecule has 0 aliphatic carbocycles. The average molecular weight is 261 g/mol. The lowest BCUT2D eigenvalue weighted by atomic mass is 10.00. The molecule has 0 saturated carbocycles. The Morgan fingerprint density at radius 3 is 2.76 bits per heavy atom. The summed E-state index contributed by atoms with van der Waals surface area (Å²) in [7, 11) is 1.68. The number of nitrogens with two attached hydrogens (primary N) is 1. The Labute approximate surface area is 104 Å². The highest BCUT2D eigenvalue weighted by atomic mass is 35.5. The number of carbonyl (C=O) groups is 1. The predicted octanol–water partition coefficient (Wildman–Crippen LogP) is 1.54. The highest BCUT2D eigenvalue weighted by Crippen LogP contribution is 2.23. The molecule has 1 aromatic rings. The van der Waals surface area contributed by atoms with Crippen LogP contribution in [0.5, 0.6) is 0 Å². The van der Waals surface area contributed by atoms with Crippen LogP contribution in [-0.4, -0.2) is 24.2 Å². The molecule has 0 amide bonds. The molecule has 0 bridgehead atoms. The summed E-state index contributed by atoms with van der Waals surface area (Å²) in [6.07, 6.45) is 0.202. The summed E-state index contributed by atoms with van der Waals surface area (Å²) in [6.45, 7) is 0. The lowest BCUT2D eigenvalue weighted by Gasteiger charge is -2.19. The van der Waals surface area contributed by atoms with Gasteiger partial charge in [0.05, 0.1) is 5.02 Å². The molecule has 1 rings (SSSR count). The lowest BCUT2D eigenvalue weighted by molar-refractivity contribution is -0.138. The van der Waals surface area contributed by atoms with E-state index in [0.29, 0.717) is 5.56 Å². The Balaban J connectivity index is 2.86. The van der Waals surface area contributed by atoms with Gasteiger partial charge in [-0.25, -0.2) is 4.39 Å². The Hall–Kier alpha value is -1.17. The fraction of sp³-hybridized carbons (Fsp3) is 0.364. The van der Waals surface area contributed by atoms with Crippen molar-refractivity contribution in [2.24, 2.45) is 5.73 Å². The first-order chi connectivity index (χ1) is 7.95. The molecule has 0 spiro atoms. The zero-order valence-corrected chi connectivity index (χ0v) is 10.0. The van der Waals surface area contributed by atoms with Gasteiger partial charge in [0.25, 0.3) is 0 Å². The molecule has 4 N–H and O–H groups in total. The zero-order valence-electron chi connectivity index (χ0n) is 9.28. The maximum absolute atomic E-state index is 13.0. The Morgan fingerprint density at radius 2 is 2.29 bits per heavy atom. The van der Waals surface area contributed by atoms with Crippen LogP contribution in [0.15, 0.2) is 18.2 Å². The van der Waals surface area contributed by atoms with Crippen molar-refractivity contribution in [1.82, 2.24) is 5.32 Å². The van der Waals surface area contributed by atoms with Crippen LogP contribution in [0.3, 0.4) is 0 Å². The Morgan fingerprint density at radius 1 is 1.65 bits per heavy atom. The van der Waals surface area contributed by atoms with Gasteiger partial charge < -0.3 is 16.2 Å². The van der Waals surface area contributed by atoms with Crippen LogP contribution in [0.1, 0.15) is 18.0 Å². The van der Waals surface area contributed by atoms with Gasteiger partial charge in [0, 0.05) is 6.04 Å². The lowest BCUT2D eigenvalue weighted by Crippen LogP contribution is -2.34. The SMILES string of the molecule is CNC(CC(N)C(=O)O)c1ccc(F)c(Cl)c1. The van der Waals surface area contributed by atoms with Crippen molar-refractivity contribution in [2.75, 3.05) is 7.05 Å². The van der Waals surface area contributed by atoms with Crippen molar-refractivity contribution in [1.29, 1.82) is 0 Å². The standard InChI is InChI=1S/C11H14ClFN2O2/c1-15-10(5-9(14)11(16)17)6-2-3-8(13)7(12)4-6/h2-4,9-10,15H,5,14H2,1H3,(H,16,17). The third-order valence-corrected chi connectivity index (χ3v) is 2.79. The van der Waals surface area contributed by atoms with Crippen LogP contribution < -0.4 is 11.1 Å². The number of hydrogen-bond acceptors (Lipinski definition) is 3. The third-order valence-electron chi connectivity index (χ3n) is 2.50. The molecule has 1 aromatic carbocycles. The van der Waals surface area contributed by atoms with Crippen LogP contribution in [0.2, 0.25) is 5.02 Å². The van der Waals surface area contributed by atoms with E-state index in [2.05, 4.69) is 5.32 Å². The van der Waals surface area contributed by atoms with Crippen molar-refractivity contribution in [3.05, 3.63) is 34.6 Å². The number of rotatable bonds is 5. The smallest absolute Gasteiger partial charge is 0.320 e. The fourth-order valence-electron chi connectivity index (χ4n) is 1.50. The van der Waals surface area contributed by atoms with Gasteiger partial charge in [-0.15, -0.1) is 0 Å². The van der Waals surface area contributed by atoms with Gasteiger partial charge in [-0.2, -0.15) is 0 Å². The van der Waals surface area contributed by atoms with E-state index in [1.54, 1.807) is 13.1 Å². The van der Waals surface area contributed by atoms with E-state index in [-0.39, 0.29) is 17.5 Å². The van der Waals surface area contributed by atoms with Crippen LogP contribution in [-0.2, 0) is 4.79 Å². The van der Waals surface area contributed by atoms with Crippen LogP contribution in [0.25, 0.3) is 0 Å². The molecule has 17 heavy (non-hydrogen) atoms. The molecule has 2 atom stereocenters. The normalized spacial score (nSPS) is 14.4. The summed E-state index contributed by atoms with van der Waals surface area (Å²) >= 11 is 5.66. The summed E-state index contributed by atoms with van der Waals surface area (Å²) in [5, 5.41) is 11.7. The van der Waals surface area contributed by atoms with Gasteiger partial charge in [0.2, 0.25) is 0 Å². The third kappa shape index (κ3) is 3.66. The van der Waals surface area contributed by atoms with Gasteiger partial charge in [-0.05, 0) is 31.2 Å². The molecule has 0 aliphatic rings. The fourth-order valence-corrected chi connectivity index (χ4v) is 1.69. The highest BCUT2D eigenvalue weighted by molar-refractivity contribution is 6.30. The number of carboxylic acids is 1. The minimum Gasteiger partial charge on any atom is -0.480 e. The van der Waals surface area contributed by atoms with Gasteiger partial charge in [-0.1, -0.05) is 17.7 Å². The minimum absolute atomic E-state index is 0.00615. The molecular formula is C11H14ClFN2O2. The summed E-state index contributed by atoms with van der Waals surface area (Å²) < 4.78 is 13.0. The quantitative estimate of drug-likeness (QED) is 0.751. The van der Waals surface area contributed by atoms with E-state index in [0.717, 1.165) is 0 Å². The number of carboxylic acid groups (broad SMARTS) is 1. The molecule has 94 valence electrons. The second-order valence-electron chi connectivity index (χ2n) is 3.70. The number of halogens is 2. The number of aliphatic carboxylic acids is 1. The monoisotopic (exact) mass is 260 g/mol. The first-order valence-corrected chi connectivity index (χ1v) is 5.44. The summed E-state index contributed by atoms with van der Waals surface area (Å²) in [6, 6.07) is 3.01. The van der Waals surface area contributed by atoms with Crippen LogP contribution in [0.4, 0.5) is 4.39 Å². The van der Waals surface area contributed by atoms with Gasteiger partial charge in [-0.3, -0.25) is 4.79 Å². The molecule has 0 radical (unpaired) electrons. The second-order valence-corrected chi connectivity index (χ2v) is 4.10. The Bertz CT molecular complexity index is 414. The van der Waals surface area contributed by atoms with Crippen LogP contribution >= 0.6 is 11.6 Å². The van der Waals surface area contributed by atoms with Crippen molar-refractivity contribution < 1.29 is 14.3 Å². The maximum Gasteiger partial charge on any atom is 0.320 e. The molecule has 4 nitrogen and oxygen atoms in total. The molecule has 6 heteroatoms. The van der Waals surface area contributed by atoms with E-state index in [4.69, 9.17) is 22.4 Å². The zero-order chi connectivity index (χ0) is 13.0. The highest BCUT2D eigenvalue weighted by Gasteiger charge is 2.19. The van der Waals surface area contributed by atoms with Crippen molar-refractivity contribution in [2.45, 2.75) is 18.5 Å². The van der Waals surface area contributed by atoms with E-state index in [1.807, 2.05) is 0 Å². The number of hydrogen-bond donors (Lipinski definition) is 3. The van der Waals surface area contributed by atoms with E-state index in [1.165, 1.54) is 12.1 Å². The maximum atomic E-state index is 13.0. The molecule has 0 aliphatic heterocycles. The first-order valence-electron chi connectivity index (χ1n) is 5.06. The van der Waals surface area contributed by atoms with E-state index >= 15 is 0 Å². The summed E-state index contributed by atoms with van der Waals surface area (Å²) in [5.41, 5.74) is 6.16. The summed E-state index contributed by atoms with van der Waals surface area (Å²) in [5.74, 6) is -1.58. The molecule has 0 aromatic heterocycles. The first kappa shape index (κ1) is 13.9. The number of benzene rings is 1. The molecule has 0 fully saturated rings. The molecular weight excluding hydrogens is 247 g/mol.